The molecule has 1 aromatic carbocycles. The van der Waals surface area contributed by atoms with Crippen molar-refractivity contribution < 1.29 is 5.11 Å². The Balaban J connectivity index is 2.51. The molecule has 0 bridgehead atoms. The fraction of sp³-hybridized carbons (Fsp3) is 0.273. The fourth-order valence-corrected chi connectivity index (χ4v) is 1.34. The second-order valence-corrected chi connectivity index (χ2v) is 3.21. The van der Waals surface area contributed by atoms with Crippen molar-refractivity contribution in [2.24, 2.45) is 0 Å². The molecular weight excluding hydrogens is 176 g/mol. The number of nitrogens with zero attached hydrogens (tertiary/aromatic N) is 2. The second-order valence-electron chi connectivity index (χ2n) is 3.21. The molecule has 0 saturated carbocycles. The molecule has 3 heteroatoms. The van der Waals surface area contributed by atoms with Gasteiger partial charge in [-0.2, -0.15) is 0 Å². The number of benzene rings is 1. The van der Waals surface area contributed by atoms with Gasteiger partial charge < -0.3 is 5.11 Å². The van der Waals surface area contributed by atoms with E-state index < -0.39 is 6.10 Å². The van der Waals surface area contributed by atoms with Crippen molar-refractivity contribution in [3.05, 3.63) is 36.2 Å². The fourth-order valence-electron chi connectivity index (χ4n) is 1.34. The Labute approximate surface area is 82.4 Å². The molecule has 72 valence electrons. The van der Waals surface area contributed by atoms with Gasteiger partial charge in [0.15, 0.2) is 0 Å². The van der Waals surface area contributed by atoms with Crippen LogP contribution in [-0.4, -0.2) is 15.1 Å². The maximum Gasteiger partial charge on any atom is 0.0973 e. The lowest BCUT2D eigenvalue weighted by Crippen LogP contribution is -1.99. The van der Waals surface area contributed by atoms with Crippen molar-refractivity contribution in [1.82, 2.24) is 9.97 Å². The van der Waals surface area contributed by atoms with Crippen molar-refractivity contribution in [3.8, 4) is 0 Å². The van der Waals surface area contributed by atoms with E-state index in [1.54, 1.807) is 6.20 Å². The molecule has 1 atom stereocenters. The van der Waals surface area contributed by atoms with Gasteiger partial charge in [0.25, 0.3) is 0 Å². The summed E-state index contributed by atoms with van der Waals surface area (Å²) in [4.78, 5) is 8.56. The number of aliphatic hydroxyl groups excluding tert-OH is 1. The van der Waals surface area contributed by atoms with Crippen molar-refractivity contribution in [3.63, 3.8) is 0 Å². The summed E-state index contributed by atoms with van der Waals surface area (Å²) in [5, 5.41) is 9.59. The molecule has 0 spiro atoms. The molecule has 1 heterocycles. The first kappa shape index (κ1) is 9.09. The van der Waals surface area contributed by atoms with Crippen LogP contribution < -0.4 is 0 Å². The average molecular weight is 188 g/mol. The summed E-state index contributed by atoms with van der Waals surface area (Å²) in [5.41, 5.74) is 2.34. The van der Waals surface area contributed by atoms with Crippen molar-refractivity contribution >= 4 is 11.0 Å². The molecule has 14 heavy (non-hydrogen) atoms. The lowest BCUT2D eigenvalue weighted by Gasteiger charge is -2.06. The van der Waals surface area contributed by atoms with Gasteiger partial charge in [-0.05, 0) is 18.6 Å². The van der Waals surface area contributed by atoms with Gasteiger partial charge in [0.05, 0.1) is 29.0 Å². The molecule has 1 N–H and O–H groups in total. The maximum atomic E-state index is 9.59. The summed E-state index contributed by atoms with van der Waals surface area (Å²) < 4.78 is 0. The Kier molecular flexibility index (Phi) is 2.41. The molecule has 0 saturated heterocycles. The Hall–Kier alpha value is -1.48. The third kappa shape index (κ3) is 1.59. The standard InChI is InChI=1S/C11H12N2O/c1-2-11(14)10-7-12-8-5-3-4-6-9(8)13-10/h3-7,11,14H,2H2,1H3. The number of hydrogen-bond acceptors (Lipinski definition) is 3. The Morgan fingerprint density at radius 2 is 2.00 bits per heavy atom. The zero-order valence-electron chi connectivity index (χ0n) is 8.01. The van der Waals surface area contributed by atoms with E-state index in [0.717, 1.165) is 11.0 Å². The molecule has 0 fully saturated rings. The van der Waals surface area contributed by atoms with Gasteiger partial charge in [-0.15, -0.1) is 0 Å². The van der Waals surface area contributed by atoms with E-state index in [4.69, 9.17) is 0 Å². The summed E-state index contributed by atoms with van der Waals surface area (Å²) in [6.07, 6.45) is 1.79. The van der Waals surface area contributed by atoms with E-state index >= 15 is 0 Å². The predicted octanol–water partition coefficient (Wildman–Crippen LogP) is 2.07. The molecule has 0 aliphatic carbocycles. The van der Waals surface area contributed by atoms with Crippen LogP contribution in [0.1, 0.15) is 25.1 Å². The minimum atomic E-state index is -0.507. The minimum Gasteiger partial charge on any atom is -0.387 e. The largest absolute Gasteiger partial charge is 0.387 e. The molecule has 0 radical (unpaired) electrons. The Morgan fingerprint density at radius 1 is 1.29 bits per heavy atom. The number of rotatable bonds is 2. The highest BCUT2D eigenvalue weighted by Gasteiger charge is 2.07. The van der Waals surface area contributed by atoms with Gasteiger partial charge in [0.2, 0.25) is 0 Å². The van der Waals surface area contributed by atoms with E-state index in [1.165, 1.54) is 0 Å². The molecule has 2 aromatic rings. The van der Waals surface area contributed by atoms with Crippen LogP contribution >= 0.6 is 0 Å². The van der Waals surface area contributed by atoms with Gasteiger partial charge in [-0.25, -0.2) is 4.98 Å². The summed E-state index contributed by atoms with van der Waals surface area (Å²) in [7, 11) is 0. The van der Waals surface area contributed by atoms with Gasteiger partial charge in [0, 0.05) is 0 Å². The molecule has 0 aliphatic rings. The highest BCUT2D eigenvalue weighted by Crippen LogP contribution is 2.15. The van der Waals surface area contributed by atoms with Gasteiger partial charge in [-0.3, -0.25) is 4.98 Å². The topological polar surface area (TPSA) is 46.0 Å². The monoisotopic (exact) mass is 188 g/mol. The summed E-state index contributed by atoms with van der Waals surface area (Å²) in [6, 6.07) is 7.64. The Bertz CT molecular complexity index is 442. The van der Waals surface area contributed by atoms with E-state index in [-0.39, 0.29) is 0 Å². The number of aliphatic hydroxyl groups is 1. The van der Waals surface area contributed by atoms with Crippen LogP contribution in [-0.2, 0) is 0 Å². The first-order chi connectivity index (χ1) is 6.81. The first-order valence-corrected chi connectivity index (χ1v) is 4.71. The maximum absolute atomic E-state index is 9.59. The van der Waals surface area contributed by atoms with Crippen molar-refractivity contribution in [2.75, 3.05) is 0 Å². The van der Waals surface area contributed by atoms with Crippen LogP contribution in [0, 0.1) is 0 Å². The van der Waals surface area contributed by atoms with E-state index in [9.17, 15) is 5.11 Å². The molecule has 2 rings (SSSR count). The third-order valence-corrected chi connectivity index (χ3v) is 2.20. The van der Waals surface area contributed by atoms with Crippen LogP contribution in [0.5, 0.6) is 0 Å². The number of aromatic nitrogens is 2. The number of fused-ring (bicyclic) bond motifs is 1. The molecule has 0 amide bonds. The highest BCUT2D eigenvalue weighted by atomic mass is 16.3. The number of para-hydroxylation sites is 2. The lowest BCUT2D eigenvalue weighted by molar-refractivity contribution is 0.169. The summed E-state index contributed by atoms with van der Waals surface area (Å²) in [5.74, 6) is 0. The second kappa shape index (κ2) is 3.72. The van der Waals surface area contributed by atoms with E-state index in [2.05, 4.69) is 9.97 Å². The molecule has 3 nitrogen and oxygen atoms in total. The van der Waals surface area contributed by atoms with Crippen LogP contribution in [0.3, 0.4) is 0 Å². The summed E-state index contributed by atoms with van der Waals surface area (Å²) in [6.45, 7) is 1.92. The molecular formula is C11H12N2O. The lowest BCUT2D eigenvalue weighted by atomic mass is 10.2. The van der Waals surface area contributed by atoms with E-state index in [0.29, 0.717) is 12.1 Å². The van der Waals surface area contributed by atoms with Crippen LogP contribution in [0.2, 0.25) is 0 Å². The SMILES string of the molecule is CCC(O)c1cnc2ccccc2n1. The van der Waals surface area contributed by atoms with Gasteiger partial charge >= 0.3 is 0 Å². The Morgan fingerprint density at radius 3 is 2.71 bits per heavy atom. The molecule has 0 aliphatic heterocycles. The summed E-state index contributed by atoms with van der Waals surface area (Å²) >= 11 is 0. The minimum absolute atomic E-state index is 0.507. The molecule has 1 unspecified atom stereocenters. The third-order valence-electron chi connectivity index (χ3n) is 2.20. The van der Waals surface area contributed by atoms with Crippen molar-refractivity contribution in [1.29, 1.82) is 0 Å². The average Bonchev–Trinajstić information content (AvgIpc) is 2.27. The zero-order chi connectivity index (χ0) is 9.97. The first-order valence-electron chi connectivity index (χ1n) is 4.71. The van der Waals surface area contributed by atoms with Crippen molar-refractivity contribution in [2.45, 2.75) is 19.4 Å². The highest BCUT2D eigenvalue weighted by molar-refractivity contribution is 5.73. The normalized spacial score (nSPS) is 13.0. The van der Waals surface area contributed by atoms with Gasteiger partial charge in [-0.1, -0.05) is 19.1 Å². The molecule has 1 aromatic heterocycles. The van der Waals surface area contributed by atoms with Crippen LogP contribution in [0.4, 0.5) is 0 Å². The number of hydrogen-bond donors (Lipinski definition) is 1. The predicted molar refractivity (Wildman–Crippen MR) is 54.8 cm³/mol. The van der Waals surface area contributed by atoms with E-state index in [1.807, 2.05) is 31.2 Å². The quantitative estimate of drug-likeness (QED) is 0.784. The smallest absolute Gasteiger partial charge is 0.0973 e. The van der Waals surface area contributed by atoms with Gasteiger partial charge in [0.1, 0.15) is 0 Å². The van der Waals surface area contributed by atoms with Crippen LogP contribution in [0.25, 0.3) is 11.0 Å². The zero-order valence-corrected chi connectivity index (χ0v) is 8.01. The van der Waals surface area contributed by atoms with Crippen LogP contribution in [0.15, 0.2) is 30.5 Å².